The highest BCUT2D eigenvalue weighted by molar-refractivity contribution is 5.29. The molecule has 0 aromatic carbocycles. The van der Waals surface area contributed by atoms with Gasteiger partial charge in [-0.15, -0.1) is 0 Å². The number of hydrogen-bond acceptors (Lipinski definition) is 4. The first kappa shape index (κ1) is 14.4. The smallest absolute Gasteiger partial charge is 0.160 e. The molecule has 19 heavy (non-hydrogen) atoms. The average molecular weight is 263 g/mol. The number of aryl methyl sites for hydroxylation is 1. The Bertz CT molecular complexity index is 443. The molecule has 2 heterocycles. The van der Waals surface area contributed by atoms with Crippen LogP contribution in [0, 0.1) is 0 Å². The molecule has 0 bridgehead atoms. The lowest BCUT2D eigenvalue weighted by molar-refractivity contribution is -0.0212. The lowest BCUT2D eigenvalue weighted by Gasteiger charge is -2.27. The predicted molar refractivity (Wildman–Crippen MR) is 76.1 cm³/mol. The molecule has 0 aliphatic carbocycles. The van der Waals surface area contributed by atoms with Crippen molar-refractivity contribution in [1.29, 1.82) is 0 Å². The summed E-state index contributed by atoms with van der Waals surface area (Å²) >= 11 is 0. The fraction of sp³-hybridized carbons (Fsp3) is 0.733. The number of ether oxygens (including phenoxy) is 1. The number of aromatic nitrogens is 2. The van der Waals surface area contributed by atoms with Crippen LogP contribution in [0.1, 0.15) is 56.9 Å². The Kier molecular flexibility index (Phi) is 4.53. The Hall–Kier alpha value is -1.00. The maximum absolute atomic E-state index is 5.79. The zero-order chi connectivity index (χ0) is 13.9. The van der Waals surface area contributed by atoms with Gasteiger partial charge in [-0.25, -0.2) is 9.97 Å². The van der Waals surface area contributed by atoms with Crippen LogP contribution < -0.4 is 5.32 Å². The van der Waals surface area contributed by atoms with Crippen molar-refractivity contribution in [2.24, 2.45) is 0 Å². The molecule has 0 atom stereocenters. The minimum Gasteiger partial charge on any atom is -0.368 e. The second-order valence-electron chi connectivity index (χ2n) is 5.54. The van der Waals surface area contributed by atoms with E-state index in [1.807, 2.05) is 20.8 Å². The van der Waals surface area contributed by atoms with E-state index in [0.29, 0.717) is 6.61 Å². The van der Waals surface area contributed by atoms with Gasteiger partial charge < -0.3 is 10.1 Å². The molecule has 1 N–H and O–H groups in total. The zero-order valence-corrected chi connectivity index (χ0v) is 12.5. The maximum Gasteiger partial charge on any atom is 0.160 e. The highest BCUT2D eigenvalue weighted by Crippen LogP contribution is 2.25. The summed E-state index contributed by atoms with van der Waals surface area (Å²) in [6, 6.07) is 0. The van der Waals surface area contributed by atoms with Crippen molar-refractivity contribution in [2.45, 2.75) is 59.1 Å². The molecule has 1 aliphatic heterocycles. The summed E-state index contributed by atoms with van der Waals surface area (Å²) in [5.74, 6) is 0.820. The van der Waals surface area contributed by atoms with Crippen molar-refractivity contribution >= 4 is 0 Å². The maximum atomic E-state index is 5.79. The molecule has 0 saturated heterocycles. The van der Waals surface area contributed by atoms with E-state index in [0.717, 1.165) is 43.9 Å². The molecule has 4 nitrogen and oxygen atoms in total. The molecule has 1 aliphatic rings. The summed E-state index contributed by atoms with van der Waals surface area (Å²) in [4.78, 5) is 9.55. The van der Waals surface area contributed by atoms with Gasteiger partial charge in [0, 0.05) is 18.8 Å². The van der Waals surface area contributed by atoms with E-state index in [1.54, 1.807) is 0 Å². The second-order valence-corrected chi connectivity index (χ2v) is 5.54. The van der Waals surface area contributed by atoms with Gasteiger partial charge in [-0.2, -0.15) is 0 Å². The minimum atomic E-state index is -0.413. The molecule has 0 radical (unpaired) electrons. The fourth-order valence-electron chi connectivity index (χ4n) is 2.58. The van der Waals surface area contributed by atoms with Gasteiger partial charge in [0.25, 0.3) is 0 Å². The van der Waals surface area contributed by atoms with Crippen LogP contribution in [-0.2, 0) is 29.7 Å². The van der Waals surface area contributed by atoms with Gasteiger partial charge in [0.2, 0.25) is 0 Å². The quantitative estimate of drug-likeness (QED) is 0.886. The third-order valence-electron chi connectivity index (χ3n) is 3.55. The first-order valence-corrected chi connectivity index (χ1v) is 7.32. The predicted octanol–water partition coefficient (Wildman–Crippen LogP) is 2.35. The van der Waals surface area contributed by atoms with Crippen molar-refractivity contribution in [3.63, 3.8) is 0 Å². The number of nitrogens with one attached hydrogen (secondary N) is 1. The minimum absolute atomic E-state index is 0.413. The highest BCUT2D eigenvalue weighted by Gasteiger charge is 2.27. The van der Waals surface area contributed by atoms with Crippen LogP contribution in [0.3, 0.4) is 0 Å². The molecular weight excluding hydrogens is 238 g/mol. The molecule has 0 amide bonds. The van der Waals surface area contributed by atoms with Crippen molar-refractivity contribution in [3.05, 3.63) is 22.8 Å². The summed E-state index contributed by atoms with van der Waals surface area (Å²) < 4.78 is 5.79. The van der Waals surface area contributed by atoms with Crippen LogP contribution in [0.5, 0.6) is 0 Å². The Morgan fingerprint density at radius 2 is 2.05 bits per heavy atom. The first-order valence-electron chi connectivity index (χ1n) is 7.32. The SMILES string of the molecule is CCCc1nc(C(C)(C)OCC)nc2c1CCNC2. The third-order valence-corrected chi connectivity index (χ3v) is 3.55. The number of rotatable bonds is 5. The Morgan fingerprint density at radius 1 is 1.26 bits per heavy atom. The Morgan fingerprint density at radius 3 is 2.74 bits per heavy atom. The van der Waals surface area contributed by atoms with Crippen LogP contribution in [0.4, 0.5) is 0 Å². The van der Waals surface area contributed by atoms with Gasteiger partial charge in [-0.3, -0.25) is 0 Å². The van der Waals surface area contributed by atoms with E-state index in [2.05, 4.69) is 12.2 Å². The molecule has 0 saturated carbocycles. The van der Waals surface area contributed by atoms with Gasteiger partial charge in [0.05, 0.1) is 5.69 Å². The number of nitrogens with zero attached hydrogens (tertiary/aromatic N) is 2. The lowest BCUT2D eigenvalue weighted by atomic mass is 10.00. The van der Waals surface area contributed by atoms with Crippen molar-refractivity contribution in [2.75, 3.05) is 13.2 Å². The van der Waals surface area contributed by atoms with Gasteiger partial charge in [-0.05, 0) is 45.7 Å². The second kappa shape index (κ2) is 5.97. The molecule has 106 valence electrons. The van der Waals surface area contributed by atoms with Gasteiger partial charge >= 0.3 is 0 Å². The summed E-state index contributed by atoms with van der Waals surface area (Å²) in [5, 5.41) is 3.39. The molecule has 0 unspecified atom stereocenters. The van der Waals surface area contributed by atoms with Crippen LogP contribution in [-0.4, -0.2) is 23.1 Å². The van der Waals surface area contributed by atoms with E-state index in [-0.39, 0.29) is 0 Å². The van der Waals surface area contributed by atoms with Crippen LogP contribution >= 0.6 is 0 Å². The normalized spacial score (nSPS) is 15.4. The van der Waals surface area contributed by atoms with E-state index in [4.69, 9.17) is 14.7 Å². The summed E-state index contributed by atoms with van der Waals surface area (Å²) in [7, 11) is 0. The van der Waals surface area contributed by atoms with E-state index in [9.17, 15) is 0 Å². The van der Waals surface area contributed by atoms with E-state index >= 15 is 0 Å². The van der Waals surface area contributed by atoms with Crippen LogP contribution in [0.25, 0.3) is 0 Å². The van der Waals surface area contributed by atoms with E-state index in [1.165, 1.54) is 11.3 Å². The summed E-state index contributed by atoms with van der Waals surface area (Å²) in [6.45, 7) is 10.9. The van der Waals surface area contributed by atoms with Gasteiger partial charge in [-0.1, -0.05) is 13.3 Å². The summed E-state index contributed by atoms with van der Waals surface area (Å²) in [5.41, 5.74) is 3.32. The Labute approximate surface area is 116 Å². The van der Waals surface area contributed by atoms with E-state index < -0.39 is 5.60 Å². The lowest BCUT2D eigenvalue weighted by Crippen LogP contribution is -2.31. The first-order chi connectivity index (χ1) is 9.08. The van der Waals surface area contributed by atoms with Crippen LogP contribution in [0.2, 0.25) is 0 Å². The number of hydrogen-bond donors (Lipinski definition) is 1. The monoisotopic (exact) mass is 263 g/mol. The molecule has 0 spiro atoms. The summed E-state index contributed by atoms with van der Waals surface area (Å²) in [6.07, 6.45) is 3.19. The van der Waals surface area contributed by atoms with Gasteiger partial charge in [0.15, 0.2) is 5.82 Å². The van der Waals surface area contributed by atoms with Crippen LogP contribution in [0.15, 0.2) is 0 Å². The average Bonchev–Trinajstić information content (AvgIpc) is 2.39. The molecule has 1 aromatic rings. The number of fused-ring (bicyclic) bond motifs is 1. The zero-order valence-electron chi connectivity index (χ0n) is 12.5. The van der Waals surface area contributed by atoms with Gasteiger partial charge in [0.1, 0.15) is 5.60 Å². The van der Waals surface area contributed by atoms with Crippen molar-refractivity contribution in [1.82, 2.24) is 15.3 Å². The molecular formula is C15H25N3O. The Balaban J connectivity index is 2.43. The standard InChI is InChI=1S/C15H25N3O/c1-5-7-12-11-8-9-16-10-13(11)18-14(17-12)15(3,4)19-6-2/h16H,5-10H2,1-4H3. The molecule has 2 rings (SSSR count). The third kappa shape index (κ3) is 3.12. The molecule has 1 aromatic heterocycles. The molecule has 0 fully saturated rings. The van der Waals surface area contributed by atoms with Crippen molar-refractivity contribution < 1.29 is 4.74 Å². The largest absolute Gasteiger partial charge is 0.368 e. The topological polar surface area (TPSA) is 47.0 Å². The highest BCUT2D eigenvalue weighted by atomic mass is 16.5. The molecule has 4 heteroatoms. The fourth-order valence-corrected chi connectivity index (χ4v) is 2.58. The van der Waals surface area contributed by atoms with Crippen molar-refractivity contribution in [3.8, 4) is 0 Å².